The van der Waals surface area contributed by atoms with Crippen molar-refractivity contribution in [1.29, 1.82) is 0 Å². The zero-order chi connectivity index (χ0) is 44.0. The summed E-state index contributed by atoms with van der Waals surface area (Å²) >= 11 is 0. The summed E-state index contributed by atoms with van der Waals surface area (Å²) < 4.78 is 32.7. The molecule has 0 aliphatic carbocycles. The molecule has 60 heavy (non-hydrogen) atoms. The third-order valence-corrected chi connectivity index (χ3v) is 12.5. The predicted octanol–water partition coefficient (Wildman–Crippen LogP) is 14.2. The minimum Gasteiger partial charge on any atom is -0.457 e. The van der Waals surface area contributed by atoms with E-state index in [0.717, 1.165) is 38.5 Å². The van der Waals surface area contributed by atoms with E-state index in [9.17, 15) is 29.3 Å². The largest absolute Gasteiger partial charge is 0.472 e. The normalized spacial score (nSPS) is 13.6. The second-order valence-corrected chi connectivity index (χ2v) is 19.0. The Morgan fingerprint density at radius 3 is 0.783 bits per heavy atom. The number of aliphatic hydroxyl groups excluding tert-OH is 2. The zero-order valence-corrected chi connectivity index (χ0v) is 40.1. The van der Waals surface area contributed by atoms with Gasteiger partial charge in [-0.15, -0.1) is 0 Å². The fourth-order valence-electron chi connectivity index (χ4n) is 7.65. The summed E-state index contributed by atoms with van der Waals surface area (Å²) in [6, 6.07) is 0. The molecule has 3 unspecified atom stereocenters. The molecule has 3 N–H and O–H groups in total. The summed E-state index contributed by atoms with van der Waals surface area (Å²) in [4.78, 5) is 34.7. The molecule has 3 atom stereocenters. The van der Waals surface area contributed by atoms with Gasteiger partial charge in [0.1, 0.15) is 12.2 Å². The van der Waals surface area contributed by atoms with Crippen LogP contribution in [0.15, 0.2) is 0 Å². The topological polar surface area (TPSA) is 149 Å². The number of hydrogen-bond donors (Lipinski definition) is 3. The number of aliphatic hydroxyl groups is 2. The molecule has 0 spiro atoms. The molecule has 0 fully saturated rings. The van der Waals surface area contributed by atoms with E-state index in [1.54, 1.807) is 0 Å². The van der Waals surface area contributed by atoms with Crippen LogP contribution in [0.3, 0.4) is 0 Å². The second kappa shape index (κ2) is 46.0. The van der Waals surface area contributed by atoms with Gasteiger partial charge in [0, 0.05) is 12.8 Å². The van der Waals surface area contributed by atoms with Crippen molar-refractivity contribution in [2.75, 3.05) is 26.4 Å². The van der Waals surface area contributed by atoms with Gasteiger partial charge in [0.25, 0.3) is 0 Å². The first kappa shape index (κ1) is 59.0. The van der Waals surface area contributed by atoms with E-state index in [1.165, 1.54) is 186 Å². The first-order valence-corrected chi connectivity index (χ1v) is 27.0. The highest BCUT2D eigenvalue weighted by Crippen LogP contribution is 2.43. The molecule has 0 aromatic heterocycles. The van der Waals surface area contributed by atoms with Gasteiger partial charge < -0.3 is 24.6 Å². The molecule has 0 radical (unpaired) electrons. The summed E-state index contributed by atoms with van der Waals surface area (Å²) in [7, 11) is -4.63. The van der Waals surface area contributed by atoms with E-state index in [1.807, 2.05) is 0 Å². The molecule has 0 saturated carbocycles. The third kappa shape index (κ3) is 43.6. The van der Waals surface area contributed by atoms with Gasteiger partial charge in [-0.25, -0.2) is 4.57 Å². The molecule has 358 valence electrons. The van der Waals surface area contributed by atoms with E-state index in [-0.39, 0.29) is 12.8 Å². The molecule has 0 aliphatic heterocycles. The van der Waals surface area contributed by atoms with Crippen molar-refractivity contribution < 1.29 is 47.8 Å². The smallest absolute Gasteiger partial charge is 0.457 e. The van der Waals surface area contributed by atoms with Crippen LogP contribution >= 0.6 is 7.82 Å². The first-order chi connectivity index (χ1) is 29.3. The molecule has 0 heterocycles. The fraction of sp³-hybridized carbons (Fsp3) is 0.959. The average molecular weight is 877 g/mol. The minimum atomic E-state index is -4.63. The Bertz CT molecular complexity index is 966. The Balaban J connectivity index is 3.79. The Kier molecular flexibility index (Phi) is 45.2. The molecule has 0 bridgehead atoms. The van der Waals surface area contributed by atoms with Crippen LogP contribution in [0.4, 0.5) is 0 Å². The molecule has 0 aromatic rings. The van der Waals surface area contributed by atoms with Gasteiger partial charge in [-0.2, -0.15) is 0 Å². The van der Waals surface area contributed by atoms with Gasteiger partial charge in [0.15, 0.2) is 0 Å². The molecular formula is C49H97O10P. The molecular weight excluding hydrogens is 780 g/mol. The third-order valence-electron chi connectivity index (χ3n) is 11.6. The van der Waals surface area contributed by atoms with Crippen molar-refractivity contribution in [3.63, 3.8) is 0 Å². The van der Waals surface area contributed by atoms with Crippen LogP contribution in [-0.2, 0) is 32.7 Å². The van der Waals surface area contributed by atoms with Gasteiger partial charge in [-0.3, -0.25) is 18.6 Å². The number of unbranched alkanes of at least 4 members (excludes halogenated alkanes) is 35. The lowest BCUT2D eigenvalue weighted by Gasteiger charge is -2.20. The minimum absolute atomic E-state index is 0.200. The van der Waals surface area contributed by atoms with Crippen LogP contribution < -0.4 is 0 Å². The number of hydrogen-bond acceptors (Lipinski definition) is 9. The van der Waals surface area contributed by atoms with Crippen molar-refractivity contribution in [2.45, 2.75) is 276 Å². The maximum atomic E-state index is 12.4. The molecule has 11 heteroatoms. The summed E-state index contributed by atoms with van der Waals surface area (Å²) in [6.45, 7) is 2.28. The molecule has 10 nitrogen and oxygen atoms in total. The lowest BCUT2D eigenvalue weighted by molar-refractivity contribution is -0.153. The number of rotatable bonds is 49. The average Bonchev–Trinajstić information content (AvgIpc) is 3.24. The standard InChI is InChI=1S/C49H97O10P/c1-3-5-7-9-11-13-15-17-19-21-22-23-25-27-29-31-33-35-37-39-41-49(53)59-47(43-51)45-57-60(54,55)56-44-46(42-50)58-48(52)40-38-36-34-32-30-28-26-24-20-18-16-14-12-10-8-6-4-2/h46-47,50-51H,3-45H2,1-2H3,(H,54,55). The van der Waals surface area contributed by atoms with Crippen LogP contribution in [-0.4, -0.2) is 65.7 Å². The Morgan fingerprint density at radius 1 is 0.383 bits per heavy atom. The molecule has 0 amide bonds. The van der Waals surface area contributed by atoms with Crippen molar-refractivity contribution >= 4 is 19.8 Å². The number of carbonyl (C=O) groups excluding carboxylic acids is 2. The van der Waals surface area contributed by atoms with E-state index in [2.05, 4.69) is 13.8 Å². The highest BCUT2D eigenvalue weighted by Gasteiger charge is 2.27. The lowest BCUT2D eigenvalue weighted by Crippen LogP contribution is -2.28. The number of esters is 2. The number of ether oxygens (including phenoxy) is 2. The second-order valence-electron chi connectivity index (χ2n) is 17.5. The van der Waals surface area contributed by atoms with Gasteiger partial charge >= 0.3 is 19.8 Å². The van der Waals surface area contributed by atoms with Gasteiger partial charge in [0.05, 0.1) is 26.4 Å². The quantitative estimate of drug-likeness (QED) is 0.0306. The Morgan fingerprint density at radius 2 is 0.583 bits per heavy atom. The molecule has 0 aliphatic rings. The van der Waals surface area contributed by atoms with E-state index >= 15 is 0 Å². The van der Waals surface area contributed by atoms with Crippen LogP contribution in [0.1, 0.15) is 264 Å². The summed E-state index contributed by atoms with van der Waals surface area (Å²) in [5.41, 5.74) is 0. The summed E-state index contributed by atoms with van der Waals surface area (Å²) in [6.07, 6.45) is 45.0. The van der Waals surface area contributed by atoms with Crippen molar-refractivity contribution in [2.24, 2.45) is 0 Å². The van der Waals surface area contributed by atoms with Gasteiger partial charge in [-0.05, 0) is 12.8 Å². The molecule has 0 rings (SSSR count). The maximum Gasteiger partial charge on any atom is 0.472 e. The summed E-state index contributed by atoms with van der Waals surface area (Å²) in [5.74, 6) is -1.000. The SMILES string of the molecule is CCCCCCCCCCCCCCCCCCCCCCC(=O)OC(CO)COP(=O)(O)OCC(CO)OC(=O)CCCCCCCCCCCCCCCCCCC. The molecule has 0 aromatic carbocycles. The predicted molar refractivity (Wildman–Crippen MR) is 247 cm³/mol. The molecule has 0 saturated heterocycles. The van der Waals surface area contributed by atoms with Crippen LogP contribution in [0, 0.1) is 0 Å². The fourth-order valence-corrected chi connectivity index (χ4v) is 8.43. The van der Waals surface area contributed by atoms with Gasteiger partial charge in [0.2, 0.25) is 0 Å². The summed E-state index contributed by atoms with van der Waals surface area (Å²) in [5, 5.41) is 19.2. The van der Waals surface area contributed by atoms with Crippen molar-refractivity contribution in [1.82, 2.24) is 0 Å². The lowest BCUT2D eigenvalue weighted by atomic mass is 10.0. The maximum absolute atomic E-state index is 12.4. The number of carbonyl (C=O) groups is 2. The van der Waals surface area contributed by atoms with Gasteiger partial charge in [-0.1, -0.05) is 239 Å². The van der Waals surface area contributed by atoms with E-state index < -0.39 is 58.4 Å². The van der Waals surface area contributed by atoms with Crippen LogP contribution in [0.2, 0.25) is 0 Å². The van der Waals surface area contributed by atoms with Crippen molar-refractivity contribution in [3.05, 3.63) is 0 Å². The highest BCUT2D eigenvalue weighted by molar-refractivity contribution is 7.47. The van der Waals surface area contributed by atoms with E-state index in [0.29, 0.717) is 12.8 Å². The van der Waals surface area contributed by atoms with Crippen molar-refractivity contribution in [3.8, 4) is 0 Å². The monoisotopic (exact) mass is 877 g/mol. The first-order valence-electron chi connectivity index (χ1n) is 25.5. The van der Waals surface area contributed by atoms with Crippen LogP contribution in [0.25, 0.3) is 0 Å². The Hall–Kier alpha value is -1.03. The Labute approximate surface area is 369 Å². The van der Waals surface area contributed by atoms with Crippen LogP contribution in [0.5, 0.6) is 0 Å². The number of phosphoric ester groups is 1. The zero-order valence-electron chi connectivity index (χ0n) is 39.2. The number of phosphoric acid groups is 1. The highest BCUT2D eigenvalue weighted by atomic mass is 31.2. The van der Waals surface area contributed by atoms with E-state index in [4.69, 9.17) is 18.5 Å².